The maximum absolute atomic E-state index is 12.8. The van der Waals surface area contributed by atoms with Crippen LogP contribution in [-0.2, 0) is 10.2 Å². The number of amides is 2. The fraction of sp³-hybridized carbons (Fsp3) is 0.444. The summed E-state index contributed by atoms with van der Waals surface area (Å²) >= 11 is 7.65. The third kappa shape index (κ3) is 6.62. The lowest BCUT2D eigenvalue weighted by molar-refractivity contribution is -0.192. The Kier molecular flexibility index (Phi) is 9.19. The van der Waals surface area contributed by atoms with Gasteiger partial charge < -0.3 is 24.8 Å². The number of nitrogens with one attached hydrogen (secondary N) is 2. The van der Waals surface area contributed by atoms with E-state index in [0.29, 0.717) is 16.2 Å². The molecule has 0 bridgehead atoms. The average Bonchev–Trinajstić information content (AvgIpc) is 3.50. The first-order chi connectivity index (χ1) is 19.4. The molecule has 0 radical (unpaired) electrons. The lowest BCUT2D eigenvalue weighted by Crippen LogP contribution is -2.52. The predicted molar refractivity (Wildman–Crippen MR) is 150 cm³/mol. The highest BCUT2D eigenvalue weighted by atomic mass is 35.5. The van der Waals surface area contributed by atoms with Gasteiger partial charge in [-0.05, 0) is 69.1 Å². The number of aromatic nitrogens is 1. The molecule has 0 spiro atoms. The summed E-state index contributed by atoms with van der Waals surface area (Å²) in [6.07, 6.45) is -1.18. The monoisotopic (exact) mass is 614 g/mol. The Morgan fingerprint density at radius 1 is 1.17 bits per heavy atom. The number of hydrogen-bond donors (Lipinski definition) is 3. The summed E-state index contributed by atoms with van der Waals surface area (Å²) in [5, 5.41) is 14.3. The number of hydrogen-bond acceptors (Lipinski definition) is 7. The van der Waals surface area contributed by atoms with Crippen molar-refractivity contribution in [2.45, 2.75) is 49.4 Å². The maximum Gasteiger partial charge on any atom is 0.490 e. The Morgan fingerprint density at radius 2 is 1.88 bits per heavy atom. The van der Waals surface area contributed by atoms with Gasteiger partial charge in [-0.1, -0.05) is 35.1 Å². The van der Waals surface area contributed by atoms with Crippen LogP contribution in [0, 0.1) is 0 Å². The molecule has 3 atom stereocenters. The van der Waals surface area contributed by atoms with Crippen molar-refractivity contribution in [2.24, 2.45) is 0 Å². The number of fused-ring (bicyclic) bond motifs is 2. The van der Waals surface area contributed by atoms with Crippen molar-refractivity contribution in [3.8, 4) is 11.5 Å². The minimum atomic E-state index is -5.08. The molecule has 222 valence electrons. The average molecular weight is 615 g/mol. The van der Waals surface area contributed by atoms with Gasteiger partial charge in [-0.3, -0.25) is 5.32 Å². The van der Waals surface area contributed by atoms with Crippen LogP contribution in [0.3, 0.4) is 0 Å². The Labute approximate surface area is 243 Å². The lowest BCUT2D eigenvalue weighted by atomic mass is 9.65. The van der Waals surface area contributed by atoms with Gasteiger partial charge in [0.25, 0.3) is 0 Å². The van der Waals surface area contributed by atoms with Crippen LogP contribution in [0.5, 0.6) is 11.5 Å². The number of para-hydroxylation sites is 1. The molecular formula is C27H30ClF3N4O5S. The first-order valence-corrected chi connectivity index (χ1v) is 13.9. The van der Waals surface area contributed by atoms with Gasteiger partial charge in [0.1, 0.15) is 5.52 Å². The highest BCUT2D eigenvalue weighted by Crippen LogP contribution is 2.50. The number of ether oxygens (including phenoxy) is 2. The largest absolute Gasteiger partial charge is 0.493 e. The van der Waals surface area contributed by atoms with Crippen LogP contribution in [0.25, 0.3) is 10.2 Å². The molecule has 2 amide bonds. The number of carboxylic acids is 1. The Balaban J connectivity index is 0.000000493. The molecule has 3 N–H and O–H groups in total. The Bertz CT molecular complexity index is 1420. The summed E-state index contributed by atoms with van der Waals surface area (Å²) in [6.45, 7) is 1.03. The number of thiazole rings is 1. The molecule has 9 nitrogen and oxygen atoms in total. The van der Waals surface area contributed by atoms with E-state index in [0.717, 1.165) is 53.9 Å². The fourth-order valence-electron chi connectivity index (χ4n) is 5.68. The van der Waals surface area contributed by atoms with Crippen molar-refractivity contribution < 1.29 is 37.3 Å². The summed E-state index contributed by atoms with van der Waals surface area (Å²) in [4.78, 5) is 28.6. The third-order valence-corrected chi connectivity index (χ3v) is 8.89. The van der Waals surface area contributed by atoms with Crippen molar-refractivity contribution >= 4 is 50.3 Å². The molecule has 0 unspecified atom stereocenters. The van der Waals surface area contributed by atoms with Gasteiger partial charge in [-0.15, -0.1) is 0 Å². The number of aliphatic carboxylic acids is 1. The molecule has 1 aliphatic heterocycles. The summed E-state index contributed by atoms with van der Waals surface area (Å²) in [7, 11) is 5.52. The molecule has 2 heterocycles. The van der Waals surface area contributed by atoms with E-state index >= 15 is 0 Å². The molecule has 3 aromatic rings. The second kappa shape index (κ2) is 12.3. The van der Waals surface area contributed by atoms with E-state index in [2.05, 4.69) is 39.7 Å². The number of carbonyl (C=O) groups excluding carboxylic acids is 1. The molecule has 2 fully saturated rings. The van der Waals surface area contributed by atoms with Crippen LogP contribution < -0.4 is 20.1 Å². The van der Waals surface area contributed by atoms with E-state index in [4.69, 9.17) is 31.0 Å². The molecule has 1 aromatic heterocycles. The number of halogens is 4. The summed E-state index contributed by atoms with van der Waals surface area (Å²) in [6, 6.07) is 12.2. The third-order valence-electron chi connectivity index (χ3n) is 7.65. The zero-order valence-corrected chi connectivity index (χ0v) is 24.1. The Morgan fingerprint density at radius 3 is 2.51 bits per heavy atom. The minimum absolute atomic E-state index is 0.0484. The number of rotatable bonds is 5. The number of anilines is 1. The number of alkyl halides is 3. The highest BCUT2D eigenvalue weighted by Gasteiger charge is 2.50. The standard InChI is InChI=1S/C25H29ClN4O3S.C2HF3O2/c1-30-12-11-25(15-7-8-18(32-2)19(13-15)33-3)10-9-16(14-21(25)30)27-23(31)29-24-28-22-17(26)5-4-6-20(22)34-24;3-2(4,5)1(6)7/h4-8,13,16,21H,9-12,14H2,1-3H3,(H2,27,28,29,31);(H,6,7)/t16-,21+,25+;/m1./s1. The van der Waals surface area contributed by atoms with E-state index in [-0.39, 0.29) is 17.5 Å². The van der Waals surface area contributed by atoms with Gasteiger partial charge in [-0.2, -0.15) is 13.2 Å². The first kappa shape index (κ1) is 30.7. The highest BCUT2D eigenvalue weighted by molar-refractivity contribution is 7.22. The van der Waals surface area contributed by atoms with Crippen molar-refractivity contribution in [1.82, 2.24) is 15.2 Å². The molecule has 1 saturated heterocycles. The van der Waals surface area contributed by atoms with Gasteiger partial charge in [0, 0.05) is 17.5 Å². The quantitative estimate of drug-likeness (QED) is 0.327. The lowest BCUT2D eigenvalue weighted by Gasteiger charge is -2.45. The van der Waals surface area contributed by atoms with Gasteiger partial charge in [0.15, 0.2) is 16.6 Å². The van der Waals surface area contributed by atoms with E-state index in [1.807, 2.05) is 18.2 Å². The molecule has 5 rings (SSSR count). The summed E-state index contributed by atoms with van der Waals surface area (Å²) in [5.41, 5.74) is 2.05. The van der Waals surface area contributed by atoms with Gasteiger partial charge in [0.2, 0.25) is 0 Å². The summed E-state index contributed by atoms with van der Waals surface area (Å²) in [5.74, 6) is -1.25. The molecule has 41 heavy (non-hydrogen) atoms. The molecule has 2 aromatic carbocycles. The van der Waals surface area contributed by atoms with Crippen LogP contribution >= 0.6 is 22.9 Å². The van der Waals surface area contributed by atoms with E-state index in [1.165, 1.54) is 16.9 Å². The topological polar surface area (TPSA) is 113 Å². The first-order valence-electron chi connectivity index (χ1n) is 12.7. The second-order valence-electron chi connectivity index (χ2n) is 9.95. The maximum atomic E-state index is 12.8. The molecule has 1 aliphatic carbocycles. The number of nitrogens with zero attached hydrogens (tertiary/aromatic N) is 2. The van der Waals surface area contributed by atoms with Gasteiger partial charge in [-0.25, -0.2) is 14.6 Å². The Hall–Kier alpha value is -3.29. The zero-order valence-electron chi connectivity index (χ0n) is 22.5. The molecule has 14 heteroatoms. The normalized spacial score (nSPS) is 22.3. The number of urea groups is 1. The number of carboxylic acid groups (broad SMARTS) is 1. The minimum Gasteiger partial charge on any atom is -0.493 e. The number of carbonyl (C=O) groups is 2. The zero-order chi connectivity index (χ0) is 29.9. The fourth-order valence-corrected chi connectivity index (χ4v) is 6.84. The molecule has 2 aliphatic rings. The van der Waals surface area contributed by atoms with Crippen molar-refractivity contribution in [1.29, 1.82) is 0 Å². The van der Waals surface area contributed by atoms with E-state index in [9.17, 15) is 18.0 Å². The van der Waals surface area contributed by atoms with Crippen molar-refractivity contribution in [2.75, 3.05) is 33.1 Å². The van der Waals surface area contributed by atoms with Crippen LogP contribution in [0.2, 0.25) is 5.02 Å². The number of methoxy groups -OCH3 is 2. The van der Waals surface area contributed by atoms with Gasteiger partial charge in [0.05, 0.1) is 23.9 Å². The summed E-state index contributed by atoms with van der Waals surface area (Å²) < 4.78 is 43.7. The van der Waals surface area contributed by atoms with Crippen LogP contribution in [0.15, 0.2) is 36.4 Å². The molecule has 1 saturated carbocycles. The smallest absolute Gasteiger partial charge is 0.490 e. The van der Waals surface area contributed by atoms with Gasteiger partial charge >= 0.3 is 18.2 Å². The number of benzene rings is 2. The van der Waals surface area contributed by atoms with Crippen LogP contribution in [0.4, 0.5) is 23.1 Å². The van der Waals surface area contributed by atoms with Crippen molar-refractivity contribution in [3.05, 3.63) is 47.0 Å². The second-order valence-corrected chi connectivity index (χ2v) is 11.4. The van der Waals surface area contributed by atoms with Crippen LogP contribution in [-0.4, -0.2) is 73.1 Å². The van der Waals surface area contributed by atoms with Crippen molar-refractivity contribution in [3.63, 3.8) is 0 Å². The van der Waals surface area contributed by atoms with Crippen LogP contribution in [0.1, 0.15) is 31.2 Å². The predicted octanol–water partition coefficient (Wildman–Crippen LogP) is 5.92. The van der Waals surface area contributed by atoms with E-state index in [1.54, 1.807) is 20.3 Å². The SMILES string of the molecule is COc1ccc([C@@]23CC[C@@H](NC(=O)Nc4nc5c(Cl)cccc5s4)C[C@@H]2N(C)CC3)cc1OC.O=C(O)C(F)(F)F. The number of likely N-dealkylation sites (tertiary alicyclic amines) is 1. The number of likely N-dealkylation sites (N-methyl/N-ethyl adjacent to an activating group) is 1. The molecular weight excluding hydrogens is 585 g/mol. The van der Waals surface area contributed by atoms with E-state index < -0.39 is 12.1 Å².